The van der Waals surface area contributed by atoms with Crippen molar-refractivity contribution in [1.82, 2.24) is 4.90 Å². The van der Waals surface area contributed by atoms with Gasteiger partial charge in [-0.3, -0.25) is 4.79 Å². The maximum Gasteiger partial charge on any atom is 0.226 e. The van der Waals surface area contributed by atoms with Gasteiger partial charge < -0.3 is 10.6 Å². The Labute approximate surface area is 106 Å². The fourth-order valence-corrected chi connectivity index (χ4v) is 2.68. The third kappa shape index (κ3) is 3.21. The minimum absolute atomic E-state index is 0.126. The van der Waals surface area contributed by atoms with E-state index in [4.69, 9.17) is 5.73 Å². The number of carbonyl (C=O) groups is 1. The number of amides is 1. The smallest absolute Gasteiger partial charge is 0.226 e. The van der Waals surface area contributed by atoms with Gasteiger partial charge in [-0.15, -0.1) is 0 Å². The summed E-state index contributed by atoms with van der Waals surface area (Å²) in [6, 6.07) is 0.258. The summed E-state index contributed by atoms with van der Waals surface area (Å²) in [7, 11) is 1.93. The van der Waals surface area contributed by atoms with E-state index in [1.54, 1.807) is 0 Å². The molecule has 0 radical (unpaired) electrons. The van der Waals surface area contributed by atoms with Gasteiger partial charge in [0.2, 0.25) is 5.91 Å². The molecule has 0 aliphatic heterocycles. The third-order valence-electron chi connectivity index (χ3n) is 4.46. The predicted molar refractivity (Wildman–Crippen MR) is 71.6 cm³/mol. The van der Waals surface area contributed by atoms with E-state index in [1.165, 1.54) is 0 Å². The number of carbonyl (C=O) groups excluding carboxylic acids is 1. The van der Waals surface area contributed by atoms with Crippen LogP contribution in [0, 0.1) is 17.3 Å². The molecule has 0 bridgehead atoms. The van der Waals surface area contributed by atoms with Crippen molar-refractivity contribution >= 4 is 5.91 Å². The topological polar surface area (TPSA) is 46.3 Å². The van der Waals surface area contributed by atoms with Crippen molar-refractivity contribution in [3.63, 3.8) is 0 Å². The van der Waals surface area contributed by atoms with Crippen molar-refractivity contribution in [1.29, 1.82) is 0 Å². The first-order chi connectivity index (χ1) is 7.79. The van der Waals surface area contributed by atoms with Crippen LogP contribution in [0.5, 0.6) is 0 Å². The fraction of sp³-hybridized carbons (Fsp3) is 0.929. The minimum atomic E-state index is 0.126. The molecule has 2 N–H and O–H groups in total. The molecule has 1 saturated carbocycles. The van der Waals surface area contributed by atoms with Crippen LogP contribution in [0.25, 0.3) is 0 Å². The molecule has 0 spiro atoms. The van der Waals surface area contributed by atoms with Gasteiger partial charge in [0.05, 0.1) is 0 Å². The largest absolute Gasteiger partial charge is 0.342 e. The van der Waals surface area contributed by atoms with Crippen LogP contribution in [0.15, 0.2) is 0 Å². The molecule has 0 aromatic heterocycles. The second kappa shape index (κ2) is 5.38. The highest BCUT2D eigenvalue weighted by Crippen LogP contribution is 2.34. The minimum Gasteiger partial charge on any atom is -0.342 e. The predicted octanol–water partition coefficient (Wildman–Crippen LogP) is 2.25. The highest BCUT2D eigenvalue weighted by atomic mass is 16.2. The number of hydrogen-bond acceptors (Lipinski definition) is 2. The molecule has 0 saturated heterocycles. The van der Waals surface area contributed by atoms with E-state index < -0.39 is 0 Å². The third-order valence-corrected chi connectivity index (χ3v) is 4.46. The van der Waals surface area contributed by atoms with Gasteiger partial charge in [-0.25, -0.2) is 0 Å². The summed E-state index contributed by atoms with van der Waals surface area (Å²) in [4.78, 5) is 14.4. The second-order valence-electron chi connectivity index (χ2n) is 6.52. The van der Waals surface area contributed by atoms with Crippen molar-refractivity contribution < 1.29 is 4.79 Å². The van der Waals surface area contributed by atoms with E-state index in [9.17, 15) is 4.79 Å². The average Bonchev–Trinajstić information content (AvgIpc) is 2.72. The summed E-state index contributed by atoms with van der Waals surface area (Å²) in [5, 5.41) is 0. The van der Waals surface area contributed by atoms with Crippen LogP contribution >= 0.6 is 0 Å². The second-order valence-corrected chi connectivity index (χ2v) is 6.52. The fourth-order valence-electron chi connectivity index (χ4n) is 2.68. The van der Waals surface area contributed by atoms with Gasteiger partial charge in [0.25, 0.3) is 0 Å². The van der Waals surface area contributed by atoms with E-state index in [0.717, 1.165) is 19.3 Å². The highest BCUT2D eigenvalue weighted by molar-refractivity contribution is 5.79. The van der Waals surface area contributed by atoms with Crippen LogP contribution in [-0.4, -0.2) is 30.4 Å². The molecule has 100 valence electrons. The zero-order valence-electron chi connectivity index (χ0n) is 12.0. The number of nitrogens with zero attached hydrogens (tertiary/aromatic N) is 1. The molecule has 0 heterocycles. The molecule has 1 aliphatic rings. The molecule has 3 heteroatoms. The average molecular weight is 240 g/mol. The van der Waals surface area contributed by atoms with Crippen LogP contribution in [-0.2, 0) is 4.79 Å². The van der Waals surface area contributed by atoms with Crippen LogP contribution < -0.4 is 5.73 Å². The van der Waals surface area contributed by atoms with Crippen LogP contribution in [0.4, 0.5) is 0 Å². The van der Waals surface area contributed by atoms with E-state index in [2.05, 4.69) is 27.7 Å². The Morgan fingerprint density at radius 3 is 2.47 bits per heavy atom. The summed E-state index contributed by atoms with van der Waals surface area (Å²) >= 11 is 0. The summed E-state index contributed by atoms with van der Waals surface area (Å²) in [5.74, 6) is 0.854. The quantitative estimate of drug-likeness (QED) is 0.822. The van der Waals surface area contributed by atoms with Crippen molar-refractivity contribution in [3.8, 4) is 0 Å². The molecular weight excluding hydrogens is 212 g/mol. The molecule has 1 amide bonds. The van der Waals surface area contributed by atoms with Gasteiger partial charge in [0, 0.05) is 19.0 Å². The maximum atomic E-state index is 12.5. The lowest BCUT2D eigenvalue weighted by molar-refractivity contribution is -0.139. The molecule has 1 rings (SSSR count). The molecule has 0 aromatic rings. The Hall–Kier alpha value is -0.570. The first-order valence-electron chi connectivity index (χ1n) is 6.75. The molecule has 0 aromatic carbocycles. The van der Waals surface area contributed by atoms with Gasteiger partial charge in [-0.05, 0) is 37.6 Å². The van der Waals surface area contributed by atoms with E-state index in [-0.39, 0.29) is 17.4 Å². The van der Waals surface area contributed by atoms with Crippen molar-refractivity contribution in [2.75, 3.05) is 13.6 Å². The molecule has 3 unspecified atom stereocenters. The normalized spacial score (nSPS) is 26.9. The lowest BCUT2D eigenvalue weighted by Crippen LogP contribution is -2.46. The van der Waals surface area contributed by atoms with Gasteiger partial charge in [0.1, 0.15) is 0 Å². The SMILES string of the molecule is CC(N(C)C(=O)C1CCCC1CN)C(C)(C)C. The summed E-state index contributed by atoms with van der Waals surface area (Å²) < 4.78 is 0. The van der Waals surface area contributed by atoms with Crippen molar-refractivity contribution in [2.24, 2.45) is 23.0 Å². The summed E-state index contributed by atoms with van der Waals surface area (Å²) in [6.45, 7) is 9.31. The number of rotatable bonds is 3. The van der Waals surface area contributed by atoms with Gasteiger partial charge in [-0.2, -0.15) is 0 Å². The first-order valence-corrected chi connectivity index (χ1v) is 6.75. The molecular formula is C14H28N2O. The molecule has 3 atom stereocenters. The van der Waals surface area contributed by atoms with E-state index in [0.29, 0.717) is 18.4 Å². The van der Waals surface area contributed by atoms with Gasteiger partial charge in [0.15, 0.2) is 0 Å². The summed E-state index contributed by atoms with van der Waals surface area (Å²) in [6.07, 6.45) is 3.28. The number of nitrogens with two attached hydrogens (primary N) is 1. The van der Waals surface area contributed by atoms with Gasteiger partial charge in [-0.1, -0.05) is 27.2 Å². The molecule has 1 fully saturated rings. The Morgan fingerprint density at radius 2 is 2.00 bits per heavy atom. The van der Waals surface area contributed by atoms with Crippen LogP contribution in [0.2, 0.25) is 0 Å². The first kappa shape index (κ1) is 14.5. The standard InChI is InChI=1S/C14H28N2O/c1-10(14(2,3)4)16(5)13(17)12-8-6-7-11(12)9-15/h10-12H,6-9,15H2,1-5H3. The molecule has 17 heavy (non-hydrogen) atoms. The van der Waals surface area contributed by atoms with Crippen LogP contribution in [0.3, 0.4) is 0 Å². The Balaban J connectivity index is 2.69. The lowest BCUT2D eigenvalue weighted by atomic mass is 9.85. The zero-order valence-corrected chi connectivity index (χ0v) is 12.0. The lowest BCUT2D eigenvalue weighted by Gasteiger charge is -2.37. The Morgan fingerprint density at radius 1 is 1.41 bits per heavy atom. The molecule has 3 nitrogen and oxygen atoms in total. The maximum absolute atomic E-state index is 12.5. The summed E-state index contributed by atoms with van der Waals surface area (Å²) in [5.41, 5.74) is 5.88. The Kier molecular flexibility index (Phi) is 4.59. The van der Waals surface area contributed by atoms with E-state index in [1.807, 2.05) is 11.9 Å². The van der Waals surface area contributed by atoms with Crippen molar-refractivity contribution in [3.05, 3.63) is 0 Å². The van der Waals surface area contributed by atoms with Gasteiger partial charge >= 0.3 is 0 Å². The van der Waals surface area contributed by atoms with E-state index >= 15 is 0 Å². The highest BCUT2D eigenvalue weighted by Gasteiger charge is 2.36. The molecule has 1 aliphatic carbocycles. The zero-order chi connectivity index (χ0) is 13.2. The monoisotopic (exact) mass is 240 g/mol. The number of hydrogen-bond donors (Lipinski definition) is 1. The Bertz CT molecular complexity index is 270. The van der Waals surface area contributed by atoms with Crippen molar-refractivity contribution in [2.45, 2.75) is 53.0 Å². The van der Waals surface area contributed by atoms with Crippen LogP contribution in [0.1, 0.15) is 47.0 Å².